The van der Waals surface area contributed by atoms with Crippen molar-refractivity contribution in [1.29, 1.82) is 0 Å². The fourth-order valence-electron chi connectivity index (χ4n) is 1.38. The molecule has 0 aliphatic rings. The maximum atomic E-state index is 11.9. The monoisotopic (exact) mass is 288 g/mol. The number of carbonyl (C=O) groups is 1. The van der Waals surface area contributed by atoms with Gasteiger partial charge in [0.2, 0.25) is 5.91 Å². The first-order valence-corrected chi connectivity index (χ1v) is 7.23. The predicted octanol–water partition coefficient (Wildman–Crippen LogP) is 2.41. The molecule has 0 aliphatic heterocycles. The summed E-state index contributed by atoms with van der Waals surface area (Å²) in [5.74, 6) is -0.288. The van der Waals surface area contributed by atoms with E-state index in [9.17, 15) is 9.00 Å². The number of carbonyl (C=O) groups excluding carboxylic acids is 1. The van der Waals surface area contributed by atoms with Crippen LogP contribution in [0, 0.1) is 0 Å². The lowest BCUT2D eigenvalue weighted by atomic mass is 10.2. The van der Waals surface area contributed by atoms with Crippen molar-refractivity contribution in [2.45, 2.75) is 31.3 Å². The molecule has 0 aliphatic carbocycles. The third kappa shape index (κ3) is 3.71. The Bertz CT molecular complexity index is 477. The van der Waals surface area contributed by atoms with Crippen LogP contribution in [0.15, 0.2) is 18.2 Å². The van der Waals surface area contributed by atoms with Gasteiger partial charge in [0.05, 0.1) is 10.7 Å². The van der Waals surface area contributed by atoms with E-state index in [1.165, 1.54) is 0 Å². The lowest BCUT2D eigenvalue weighted by Gasteiger charge is -2.14. The van der Waals surface area contributed by atoms with Gasteiger partial charge >= 0.3 is 0 Å². The summed E-state index contributed by atoms with van der Waals surface area (Å²) in [7, 11) is -1.20. The molecule has 1 aromatic carbocycles. The molecule has 4 nitrogen and oxygen atoms in total. The molecule has 6 heteroatoms. The topological polar surface area (TPSA) is 72.2 Å². The van der Waals surface area contributed by atoms with Gasteiger partial charge in [-0.1, -0.05) is 25.4 Å². The van der Waals surface area contributed by atoms with Gasteiger partial charge in [-0.15, -0.1) is 0 Å². The Morgan fingerprint density at radius 1 is 1.39 bits per heavy atom. The number of hydrogen-bond donors (Lipinski definition) is 2. The zero-order chi connectivity index (χ0) is 13.9. The van der Waals surface area contributed by atoms with Gasteiger partial charge in [0.15, 0.2) is 0 Å². The molecule has 0 saturated heterocycles. The van der Waals surface area contributed by atoms with Gasteiger partial charge in [-0.25, -0.2) is 0 Å². The van der Waals surface area contributed by atoms with Crippen LogP contribution >= 0.6 is 11.6 Å². The van der Waals surface area contributed by atoms with Crippen molar-refractivity contribution in [3.63, 3.8) is 0 Å². The van der Waals surface area contributed by atoms with E-state index in [1.807, 2.05) is 13.8 Å². The number of nitrogens with one attached hydrogen (secondary N) is 1. The van der Waals surface area contributed by atoms with Crippen LogP contribution in [-0.4, -0.2) is 20.6 Å². The minimum absolute atomic E-state index is 0.0546. The highest BCUT2D eigenvalue weighted by molar-refractivity contribution is 7.87. The van der Waals surface area contributed by atoms with Crippen molar-refractivity contribution in [2.24, 2.45) is 0 Å². The van der Waals surface area contributed by atoms with Crippen LogP contribution in [0.4, 0.5) is 11.4 Å². The number of hydrogen-bond acceptors (Lipinski definition) is 3. The highest BCUT2D eigenvalue weighted by Crippen LogP contribution is 2.22. The first-order valence-electron chi connectivity index (χ1n) is 5.58. The van der Waals surface area contributed by atoms with Crippen LogP contribution < -0.4 is 11.1 Å². The second kappa shape index (κ2) is 6.20. The molecule has 18 heavy (non-hydrogen) atoms. The van der Waals surface area contributed by atoms with Crippen molar-refractivity contribution >= 4 is 39.7 Å². The smallest absolute Gasteiger partial charge is 0.239 e. The first kappa shape index (κ1) is 15.0. The van der Waals surface area contributed by atoms with E-state index in [1.54, 1.807) is 25.1 Å². The quantitative estimate of drug-likeness (QED) is 0.836. The Hall–Kier alpha value is -1.07. The molecule has 2 unspecified atom stereocenters. The molecule has 0 saturated carbocycles. The molecule has 1 rings (SSSR count). The summed E-state index contributed by atoms with van der Waals surface area (Å²) < 4.78 is 11.8. The van der Waals surface area contributed by atoms with Crippen LogP contribution in [-0.2, 0) is 15.6 Å². The lowest BCUT2D eigenvalue weighted by Crippen LogP contribution is -2.32. The number of anilines is 2. The molecule has 0 spiro atoms. The number of halogens is 1. The molecule has 3 N–H and O–H groups in total. The van der Waals surface area contributed by atoms with Crippen LogP contribution in [0.2, 0.25) is 5.02 Å². The number of amides is 1. The normalized spacial score (nSPS) is 14.3. The van der Waals surface area contributed by atoms with Gasteiger partial charge in [0.1, 0.15) is 5.25 Å². The Labute approximate surface area is 114 Å². The van der Waals surface area contributed by atoms with E-state index >= 15 is 0 Å². The van der Waals surface area contributed by atoms with E-state index in [4.69, 9.17) is 17.3 Å². The van der Waals surface area contributed by atoms with Crippen LogP contribution in [0.1, 0.15) is 20.8 Å². The minimum atomic E-state index is -1.20. The summed E-state index contributed by atoms with van der Waals surface area (Å²) in [5, 5.41) is 2.49. The second-order valence-electron chi connectivity index (χ2n) is 4.25. The highest BCUT2D eigenvalue weighted by atomic mass is 35.5. The van der Waals surface area contributed by atoms with E-state index in [-0.39, 0.29) is 11.2 Å². The highest BCUT2D eigenvalue weighted by Gasteiger charge is 2.22. The molecule has 0 bridgehead atoms. The predicted molar refractivity (Wildman–Crippen MR) is 77.2 cm³/mol. The molecule has 2 atom stereocenters. The van der Waals surface area contributed by atoms with Crippen LogP contribution in [0.3, 0.4) is 0 Å². The van der Waals surface area contributed by atoms with Gasteiger partial charge in [-0.05, 0) is 25.1 Å². The van der Waals surface area contributed by atoms with Crippen molar-refractivity contribution in [1.82, 2.24) is 0 Å². The van der Waals surface area contributed by atoms with Crippen LogP contribution in [0.5, 0.6) is 0 Å². The van der Waals surface area contributed by atoms with Gasteiger partial charge in [-0.3, -0.25) is 9.00 Å². The van der Waals surface area contributed by atoms with Crippen molar-refractivity contribution in [3.05, 3.63) is 23.2 Å². The molecule has 0 radical (unpaired) electrons. The zero-order valence-corrected chi connectivity index (χ0v) is 12.1. The van der Waals surface area contributed by atoms with Gasteiger partial charge in [0, 0.05) is 21.7 Å². The largest absolute Gasteiger partial charge is 0.397 e. The summed E-state index contributed by atoms with van der Waals surface area (Å²) in [4.78, 5) is 11.9. The fourth-order valence-corrected chi connectivity index (χ4v) is 2.58. The zero-order valence-electron chi connectivity index (χ0n) is 10.6. The Morgan fingerprint density at radius 2 is 2.00 bits per heavy atom. The molecule has 1 aromatic rings. The lowest BCUT2D eigenvalue weighted by molar-refractivity contribution is -0.115. The number of nitrogens with two attached hydrogens (primary N) is 1. The molecular formula is C12H17ClN2O2S. The third-order valence-electron chi connectivity index (χ3n) is 2.45. The second-order valence-corrected chi connectivity index (χ2v) is 6.96. The van der Waals surface area contributed by atoms with E-state index in [2.05, 4.69) is 5.32 Å². The molecule has 0 fully saturated rings. The summed E-state index contributed by atoms with van der Waals surface area (Å²) >= 11 is 5.79. The van der Waals surface area contributed by atoms with E-state index in [0.29, 0.717) is 16.4 Å². The molecular weight excluding hydrogens is 272 g/mol. The van der Waals surface area contributed by atoms with Gasteiger partial charge in [-0.2, -0.15) is 0 Å². The van der Waals surface area contributed by atoms with Crippen LogP contribution in [0.25, 0.3) is 0 Å². The van der Waals surface area contributed by atoms with E-state index < -0.39 is 16.0 Å². The Morgan fingerprint density at radius 3 is 2.50 bits per heavy atom. The first-order chi connectivity index (χ1) is 8.32. The maximum absolute atomic E-state index is 11.9. The fraction of sp³-hybridized carbons (Fsp3) is 0.417. The average Bonchev–Trinajstić information content (AvgIpc) is 2.31. The maximum Gasteiger partial charge on any atom is 0.239 e. The summed E-state index contributed by atoms with van der Waals surface area (Å²) in [6.45, 7) is 5.28. The van der Waals surface area contributed by atoms with Gasteiger partial charge in [0.25, 0.3) is 0 Å². The molecule has 100 valence electrons. The molecule has 0 aromatic heterocycles. The summed E-state index contributed by atoms with van der Waals surface area (Å²) in [6, 6.07) is 4.84. The summed E-state index contributed by atoms with van der Waals surface area (Å²) in [6.07, 6.45) is 0. The summed E-state index contributed by atoms with van der Waals surface area (Å²) in [5.41, 5.74) is 6.58. The Balaban J connectivity index is 2.75. The molecule has 1 amide bonds. The van der Waals surface area contributed by atoms with Gasteiger partial charge < -0.3 is 11.1 Å². The number of benzene rings is 1. The van der Waals surface area contributed by atoms with E-state index in [0.717, 1.165) is 0 Å². The minimum Gasteiger partial charge on any atom is -0.397 e. The SMILES string of the molecule is CC(C)S(=O)C(C)C(=O)Nc1ccc(Cl)c(N)c1. The Kier molecular flexibility index (Phi) is 5.16. The van der Waals surface area contributed by atoms with Crippen molar-refractivity contribution in [2.75, 3.05) is 11.1 Å². The average molecular weight is 289 g/mol. The third-order valence-corrected chi connectivity index (χ3v) is 4.63. The number of rotatable bonds is 4. The standard InChI is InChI=1S/C12H17ClN2O2S/c1-7(2)18(17)8(3)12(16)15-9-4-5-10(13)11(14)6-9/h4-8H,14H2,1-3H3,(H,15,16). The van der Waals surface area contributed by atoms with Crippen molar-refractivity contribution < 1.29 is 9.00 Å². The molecule has 0 heterocycles. The number of nitrogen functional groups attached to an aromatic ring is 1. The van der Waals surface area contributed by atoms with Crippen molar-refractivity contribution in [3.8, 4) is 0 Å².